The molecule has 2 unspecified atom stereocenters. The maximum absolute atomic E-state index is 12.7. The average Bonchev–Trinajstić information content (AvgIpc) is 3.10. The summed E-state index contributed by atoms with van der Waals surface area (Å²) in [5.74, 6) is -0.830. The number of nitrogens with two attached hydrogens (primary N) is 1. The van der Waals surface area contributed by atoms with Crippen molar-refractivity contribution in [3.05, 3.63) is 102 Å². The van der Waals surface area contributed by atoms with Crippen LogP contribution in [0.15, 0.2) is 115 Å². The molecule has 276 valence electrons. The molecular weight excluding hydrogens is 753 g/mol. The molecule has 5 aromatic rings. The minimum Gasteiger partial charge on any atom is -0.505 e. The minimum atomic E-state index is -4.96. The summed E-state index contributed by atoms with van der Waals surface area (Å²) in [5.41, 5.74) is 8.02. The van der Waals surface area contributed by atoms with E-state index < -0.39 is 69.1 Å². The first-order chi connectivity index (χ1) is 25.0. The Morgan fingerprint density at radius 1 is 0.868 bits per heavy atom. The van der Waals surface area contributed by atoms with Crippen LogP contribution >= 0.6 is 0 Å². The maximum Gasteiger partial charge on any atom is 0.296 e. The number of sulfone groups is 1. The summed E-state index contributed by atoms with van der Waals surface area (Å²) < 4.78 is 79.1. The van der Waals surface area contributed by atoms with Crippen LogP contribution < -0.4 is 11.1 Å². The van der Waals surface area contributed by atoms with Crippen molar-refractivity contribution in [3.63, 3.8) is 0 Å². The van der Waals surface area contributed by atoms with E-state index >= 15 is 0 Å². The van der Waals surface area contributed by atoms with Crippen LogP contribution in [-0.2, 0) is 35.9 Å². The highest BCUT2D eigenvalue weighted by Crippen LogP contribution is 2.47. The molecule has 5 aromatic carbocycles. The average molecular weight is 783 g/mol. The predicted molar refractivity (Wildman–Crippen MR) is 195 cm³/mol. The first-order valence-corrected chi connectivity index (χ1v) is 19.2. The van der Waals surface area contributed by atoms with Crippen molar-refractivity contribution in [1.29, 1.82) is 0 Å². The third kappa shape index (κ3) is 8.60. The van der Waals surface area contributed by atoms with Gasteiger partial charge in [-0.1, -0.05) is 17.7 Å². The molecule has 0 spiro atoms. The Bertz CT molecular complexity index is 2510. The Labute approximate surface area is 304 Å². The second kappa shape index (κ2) is 15.6. The van der Waals surface area contributed by atoms with Gasteiger partial charge >= 0.3 is 0 Å². The van der Waals surface area contributed by atoms with Crippen LogP contribution in [0.3, 0.4) is 0 Å². The van der Waals surface area contributed by atoms with Gasteiger partial charge in [-0.15, -0.1) is 10.2 Å². The van der Waals surface area contributed by atoms with E-state index in [9.17, 15) is 40.1 Å². The molecule has 1 amide bonds. The fraction of sp³-hybridized carbons (Fsp3) is 0.121. The van der Waals surface area contributed by atoms with Crippen molar-refractivity contribution in [1.82, 2.24) is 0 Å². The molecule has 17 nitrogen and oxygen atoms in total. The number of amides is 1. The Balaban J connectivity index is 1.46. The number of fused-ring (bicyclic) bond motifs is 1. The number of carbonyl (C=O) groups excluding carboxylic acids is 1. The zero-order chi connectivity index (χ0) is 38.7. The number of phenols is 1. The van der Waals surface area contributed by atoms with E-state index in [0.29, 0.717) is 22.5 Å². The number of anilines is 2. The molecule has 0 bridgehead atoms. The van der Waals surface area contributed by atoms with Crippen LogP contribution in [0.4, 0.5) is 34.1 Å². The van der Waals surface area contributed by atoms with Gasteiger partial charge in [0.05, 0.1) is 27.3 Å². The highest BCUT2D eigenvalue weighted by molar-refractivity contribution is 8.04. The molecule has 20 heteroatoms. The third-order valence-electron chi connectivity index (χ3n) is 7.73. The molecule has 2 atom stereocenters. The minimum absolute atomic E-state index is 0.0293. The zero-order valence-electron chi connectivity index (χ0n) is 27.6. The summed E-state index contributed by atoms with van der Waals surface area (Å²) in [7, 11) is -9.42. The number of carbonyl (C=O) groups is 1. The van der Waals surface area contributed by atoms with Crippen molar-refractivity contribution < 1.29 is 50.2 Å². The first-order valence-electron chi connectivity index (χ1n) is 15.1. The molecule has 5 rings (SSSR count). The molecule has 0 saturated heterocycles. The highest BCUT2D eigenvalue weighted by Gasteiger charge is 2.33. The van der Waals surface area contributed by atoms with Gasteiger partial charge in [-0.25, -0.2) is 17.5 Å². The second-order valence-corrected chi connectivity index (χ2v) is 16.3. The number of nitrogens with zero attached hydrogens (tertiary/aromatic N) is 4. The third-order valence-corrected chi connectivity index (χ3v) is 12.2. The molecule has 53 heavy (non-hydrogen) atoms. The summed E-state index contributed by atoms with van der Waals surface area (Å²) >= 11 is -2.91. The van der Waals surface area contributed by atoms with Crippen LogP contribution in [0.2, 0.25) is 0 Å². The summed E-state index contributed by atoms with van der Waals surface area (Å²) in [6.45, 7) is 2.53. The van der Waals surface area contributed by atoms with Crippen molar-refractivity contribution in [2.24, 2.45) is 20.5 Å². The van der Waals surface area contributed by atoms with Crippen LogP contribution in [-0.4, -0.2) is 57.6 Å². The Morgan fingerprint density at radius 2 is 1.43 bits per heavy atom. The fourth-order valence-electron chi connectivity index (χ4n) is 5.01. The number of rotatable bonds is 12. The number of aryl methyl sites for hydroxylation is 2. The Kier molecular flexibility index (Phi) is 11.4. The molecule has 0 radical (unpaired) electrons. The van der Waals surface area contributed by atoms with Gasteiger partial charge in [-0.05, 0) is 97.6 Å². The lowest BCUT2D eigenvalue weighted by Gasteiger charge is -2.14. The normalized spacial score (nSPS) is 13.5. The molecule has 0 aromatic heterocycles. The van der Waals surface area contributed by atoms with Gasteiger partial charge in [0, 0.05) is 11.3 Å². The summed E-state index contributed by atoms with van der Waals surface area (Å²) in [6.07, 6.45) is 0. The van der Waals surface area contributed by atoms with Crippen molar-refractivity contribution in [3.8, 4) is 5.75 Å². The molecular formula is C33H30N6O11S3. The van der Waals surface area contributed by atoms with Crippen molar-refractivity contribution in [2.45, 2.75) is 28.2 Å². The van der Waals surface area contributed by atoms with Crippen LogP contribution in [0.25, 0.3) is 10.8 Å². The number of hydrogen-bond donors (Lipinski definition) is 6. The van der Waals surface area contributed by atoms with E-state index in [0.717, 1.165) is 35.9 Å². The van der Waals surface area contributed by atoms with Crippen molar-refractivity contribution >= 4 is 81.8 Å². The molecule has 0 aliphatic carbocycles. The predicted octanol–water partition coefficient (Wildman–Crippen LogP) is 6.89. The second-order valence-electron chi connectivity index (χ2n) is 11.4. The van der Waals surface area contributed by atoms with Gasteiger partial charge in [0.15, 0.2) is 31.2 Å². The first kappa shape index (κ1) is 38.7. The Morgan fingerprint density at radius 3 is 1.98 bits per heavy atom. The molecule has 7 N–H and O–H groups in total. The summed E-state index contributed by atoms with van der Waals surface area (Å²) in [4.78, 5) is 15.2. The highest BCUT2D eigenvalue weighted by atomic mass is 32.3. The number of benzene rings is 5. The lowest BCUT2D eigenvalue weighted by atomic mass is 10.0. The fourth-order valence-corrected chi connectivity index (χ4v) is 8.11. The molecule has 0 fully saturated rings. The van der Waals surface area contributed by atoms with Gasteiger partial charge in [0.1, 0.15) is 22.9 Å². The lowest BCUT2D eigenvalue weighted by molar-refractivity contribution is -0.238. The van der Waals surface area contributed by atoms with Crippen LogP contribution in [0.1, 0.15) is 21.5 Å². The Hall–Kier alpha value is -5.48. The monoisotopic (exact) mass is 782 g/mol. The topological polar surface area (TPSA) is 280 Å². The van der Waals surface area contributed by atoms with Crippen LogP contribution in [0.5, 0.6) is 5.75 Å². The molecule has 0 heterocycles. The van der Waals surface area contributed by atoms with Gasteiger partial charge in [0.25, 0.3) is 16.0 Å². The van der Waals surface area contributed by atoms with Gasteiger partial charge in [-0.3, -0.25) is 14.6 Å². The number of nitrogens with one attached hydrogen (secondary N) is 1. The summed E-state index contributed by atoms with van der Waals surface area (Å²) in [5, 5.41) is 38.8. The largest absolute Gasteiger partial charge is 0.505 e. The standard InChI is InChI=1S/C33H30N6O11S3/c1-18-3-7-22(8-4-18)35-33(41)20-5-9-23(10-6-20)36-38-30-19(2)15-21-16-26(53(47,48)49)31(29(34)28(21)32(30)40)39-37-24-11-13-25(14-12-24)52(45,46)27(17-50-42)51(43)44/h3-16,27,40,42H,17,34H2,1-2H3,(H,35,41)(H,43,44)(H,47,48,49). The zero-order valence-corrected chi connectivity index (χ0v) is 30.1. The van der Waals surface area contributed by atoms with E-state index in [2.05, 4.69) is 30.7 Å². The van der Waals surface area contributed by atoms with E-state index in [1.54, 1.807) is 43.3 Å². The number of nitrogen functional groups attached to an aromatic ring is 1. The van der Waals surface area contributed by atoms with Gasteiger partial charge < -0.3 is 20.7 Å². The number of aromatic hydroxyl groups is 1. The number of hydrogen-bond acceptors (Lipinski definition) is 14. The smallest absolute Gasteiger partial charge is 0.296 e. The van der Waals surface area contributed by atoms with Crippen LogP contribution in [0, 0.1) is 13.8 Å². The SMILES string of the molecule is Cc1ccc(NC(=O)c2ccc(N=Nc3c(C)cc4cc(S(=O)(=O)O)c(N=Nc5ccc(S(=O)(=O)C(COO)S(=O)O)cc5)c(N)c4c3O)cc2)cc1. The van der Waals surface area contributed by atoms with E-state index in [1.165, 1.54) is 6.07 Å². The summed E-state index contributed by atoms with van der Waals surface area (Å²) in [6, 6.07) is 20.3. The quantitative estimate of drug-likeness (QED) is 0.0188. The van der Waals surface area contributed by atoms with Crippen molar-refractivity contribution in [2.75, 3.05) is 17.7 Å². The van der Waals surface area contributed by atoms with Gasteiger partial charge in [0.2, 0.25) is 0 Å². The van der Waals surface area contributed by atoms with Gasteiger partial charge in [-0.2, -0.15) is 18.6 Å². The number of phenolic OH excluding ortho intramolecular Hbond substituents is 1. The number of azo groups is 2. The van der Waals surface area contributed by atoms with E-state index in [4.69, 9.17) is 11.0 Å². The van der Waals surface area contributed by atoms with E-state index in [-0.39, 0.29) is 28.1 Å². The van der Waals surface area contributed by atoms with E-state index in [1.807, 2.05) is 19.1 Å². The molecule has 0 saturated carbocycles. The lowest BCUT2D eigenvalue weighted by Crippen LogP contribution is -2.30. The molecule has 0 aliphatic rings. The maximum atomic E-state index is 12.7. The molecule has 0 aliphatic heterocycles.